The molecule has 0 atom stereocenters. The van der Waals surface area contributed by atoms with Crippen LogP contribution in [0.4, 0.5) is 0 Å². The lowest BCUT2D eigenvalue weighted by Gasteiger charge is -2.16. The van der Waals surface area contributed by atoms with Crippen molar-refractivity contribution in [1.29, 1.82) is 0 Å². The molecule has 0 aliphatic heterocycles. The van der Waals surface area contributed by atoms with Crippen molar-refractivity contribution in [3.05, 3.63) is 33.2 Å². The van der Waals surface area contributed by atoms with Gasteiger partial charge in [-0.05, 0) is 54.8 Å². The molecule has 0 saturated carbocycles. The van der Waals surface area contributed by atoms with E-state index in [2.05, 4.69) is 13.8 Å². The van der Waals surface area contributed by atoms with Crippen molar-refractivity contribution in [1.82, 2.24) is 4.57 Å². The van der Waals surface area contributed by atoms with Crippen molar-refractivity contribution in [3.8, 4) is 0 Å². The van der Waals surface area contributed by atoms with Gasteiger partial charge < -0.3 is 4.57 Å². The van der Waals surface area contributed by atoms with Gasteiger partial charge in [0.15, 0.2) is 0 Å². The summed E-state index contributed by atoms with van der Waals surface area (Å²) in [5.74, 6) is 0.437. The topological polar surface area (TPSA) is 39.1 Å². The molecular weight excluding hydrogens is 262 g/mol. The van der Waals surface area contributed by atoms with Gasteiger partial charge in [-0.15, -0.1) is 0 Å². The second kappa shape index (κ2) is 5.91. The maximum atomic E-state index is 12.5. The number of carbonyl (C=O) groups excluding carboxylic acids is 1. The molecule has 2 rings (SSSR count). The summed E-state index contributed by atoms with van der Waals surface area (Å²) < 4.78 is 1.92. The van der Waals surface area contributed by atoms with E-state index in [1.54, 1.807) is 0 Å². The number of aromatic nitrogens is 1. The Bertz CT molecular complexity index is 546. The zero-order valence-electron chi connectivity index (χ0n) is 11.5. The fourth-order valence-corrected chi connectivity index (χ4v) is 2.85. The van der Waals surface area contributed by atoms with E-state index in [0.29, 0.717) is 12.3 Å². The molecule has 19 heavy (non-hydrogen) atoms. The first kappa shape index (κ1) is 14.3. The Morgan fingerprint density at radius 2 is 2.16 bits per heavy atom. The van der Waals surface area contributed by atoms with E-state index in [4.69, 9.17) is 11.6 Å². The van der Waals surface area contributed by atoms with Gasteiger partial charge in [0, 0.05) is 24.2 Å². The van der Waals surface area contributed by atoms with Gasteiger partial charge in [-0.2, -0.15) is 0 Å². The number of halogens is 1. The van der Waals surface area contributed by atoms with Gasteiger partial charge in [-0.25, -0.2) is 0 Å². The summed E-state index contributed by atoms with van der Waals surface area (Å²) in [6.45, 7) is 4.98. The Balaban J connectivity index is 2.40. The summed E-state index contributed by atoms with van der Waals surface area (Å²) in [4.78, 5) is 23.4. The molecule has 0 N–H and O–H groups in total. The largest absolute Gasteiger partial charge is 0.312 e. The van der Waals surface area contributed by atoms with Crippen LogP contribution < -0.4 is 5.56 Å². The zero-order chi connectivity index (χ0) is 14.0. The first-order valence-corrected chi connectivity index (χ1v) is 7.29. The molecular formula is C15H20ClNO2. The third kappa shape index (κ3) is 3.27. The molecule has 0 fully saturated rings. The van der Waals surface area contributed by atoms with Crippen LogP contribution >= 0.6 is 11.6 Å². The minimum absolute atomic E-state index is 0.0623. The van der Waals surface area contributed by atoms with Crippen LogP contribution in [0.25, 0.3) is 0 Å². The molecule has 1 aliphatic carbocycles. The lowest BCUT2D eigenvalue weighted by molar-refractivity contribution is -0.111. The molecule has 0 amide bonds. The van der Waals surface area contributed by atoms with Crippen LogP contribution in [-0.2, 0) is 30.6 Å². The number of aryl methyl sites for hydroxylation is 2. The summed E-state index contributed by atoms with van der Waals surface area (Å²) in [7, 11) is 0. The summed E-state index contributed by atoms with van der Waals surface area (Å²) in [6.07, 6.45) is 3.83. The van der Waals surface area contributed by atoms with Crippen LogP contribution in [0.15, 0.2) is 10.9 Å². The van der Waals surface area contributed by atoms with Gasteiger partial charge in [0.1, 0.15) is 0 Å². The number of nitrogens with zero attached hydrogens (tertiary/aromatic N) is 1. The van der Waals surface area contributed by atoms with Gasteiger partial charge in [0.25, 0.3) is 5.56 Å². The summed E-state index contributed by atoms with van der Waals surface area (Å²) in [5.41, 5.74) is 3.26. The van der Waals surface area contributed by atoms with Crippen molar-refractivity contribution >= 4 is 16.8 Å². The number of fused-ring (bicyclic) bond motifs is 1. The Hall–Kier alpha value is -1.09. The average molecular weight is 282 g/mol. The van der Waals surface area contributed by atoms with Crippen LogP contribution in [-0.4, -0.2) is 9.81 Å². The Morgan fingerprint density at radius 3 is 2.79 bits per heavy atom. The SMILES string of the molecule is CC(C)Cn1c2c(cc(CCC(=O)Cl)c1=O)CCC2. The van der Waals surface area contributed by atoms with E-state index in [1.165, 1.54) is 11.3 Å². The van der Waals surface area contributed by atoms with Gasteiger partial charge in [-0.1, -0.05) is 13.8 Å². The monoisotopic (exact) mass is 281 g/mol. The molecule has 104 valence electrons. The van der Waals surface area contributed by atoms with Crippen LogP contribution in [0.3, 0.4) is 0 Å². The van der Waals surface area contributed by atoms with E-state index in [1.807, 2.05) is 10.6 Å². The van der Waals surface area contributed by atoms with Gasteiger partial charge in [-0.3, -0.25) is 9.59 Å². The maximum absolute atomic E-state index is 12.5. The minimum atomic E-state index is -0.379. The third-order valence-electron chi connectivity index (χ3n) is 3.56. The van der Waals surface area contributed by atoms with Crippen molar-refractivity contribution in [2.45, 2.75) is 52.5 Å². The van der Waals surface area contributed by atoms with Crippen LogP contribution in [0.5, 0.6) is 0 Å². The number of hydrogen-bond donors (Lipinski definition) is 0. The highest BCUT2D eigenvalue weighted by Gasteiger charge is 2.19. The molecule has 1 aromatic rings. The van der Waals surface area contributed by atoms with E-state index >= 15 is 0 Å². The Labute approximate surface area is 118 Å². The zero-order valence-corrected chi connectivity index (χ0v) is 12.3. The molecule has 0 aromatic carbocycles. The van der Waals surface area contributed by atoms with Crippen molar-refractivity contribution < 1.29 is 4.79 Å². The van der Waals surface area contributed by atoms with Crippen LogP contribution in [0.1, 0.15) is 43.5 Å². The van der Waals surface area contributed by atoms with Crippen LogP contribution in [0, 0.1) is 5.92 Å². The quantitative estimate of drug-likeness (QED) is 0.779. The van der Waals surface area contributed by atoms with E-state index in [-0.39, 0.29) is 17.2 Å². The van der Waals surface area contributed by atoms with Gasteiger partial charge in [0.2, 0.25) is 5.24 Å². The lowest BCUT2D eigenvalue weighted by atomic mass is 10.1. The molecule has 0 unspecified atom stereocenters. The number of hydrogen-bond acceptors (Lipinski definition) is 2. The van der Waals surface area contributed by atoms with Crippen LogP contribution in [0.2, 0.25) is 0 Å². The van der Waals surface area contributed by atoms with Crippen molar-refractivity contribution in [3.63, 3.8) is 0 Å². The Kier molecular flexibility index (Phi) is 4.46. The predicted molar refractivity (Wildman–Crippen MR) is 76.7 cm³/mol. The minimum Gasteiger partial charge on any atom is -0.312 e. The molecule has 0 bridgehead atoms. The fraction of sp³-hybridized carbons (Fsp3) is 0.600. The normalized spacial score (nSPS) is 13.9. The second-order valence-electron chi connectivity index (χ2n) is 5.66. The van der Waals surface area contributed by atoms with Crippen molar-refractivity contribution in [2.75, 3.05) is 0 Å². The lowest BCUT2D eigenvalue weighted by Crippen LogP contribution is -2.29. The summed E-state index contributed by atoms with van der Waals surface area (Å²) >= 11 is 5.37. The number of carbonyl (C=O) groups is 1. The highest BCUT2D eigenvalue weighted by Crippen LogP contribution is 2.22. The predicted octanol–water partition coefficient (Wildman–Crippen LogP) is 2.69. The van der Waals surface area contributed by atoms with Gasteiger partial charge >= 0.3 is 0 Å². The highest BCUT2D eigenvalue weighted by molar-refractivity contribution is 6.63. The molecule has 0 saturated heterocycles. The molecule has 1 heterocycles. The smallest absolute Gasteiger partial charge is 0.253 e. The summed E-state index contributed by atoms with van der Waals surface area (Å²) in [5, 5.41) is -0.379. The highest BCUT2D eigenvalue weighted by atomic mass is 35.5. The Morgan fingerprint density at radius 1 is 1.42 bits per heavy atom. The van der Waals surface area contributed by atoms with E-state index in [9.17, 15) is 9.59 Å². The second-order valence-corrected chi connectivity index (χ2v) is 6.08. The fourth-order valence-electron chi connectivity index (χ4n) is 2.75. The number of pyridine rings is 1. The molecule has 4 heteroatoms. The third-order valence-corrected chi connectivity index (χ3v) is 3.75. The molecule has 0 spiro atoms. The van der Waals surface area contributed by atoms with Gasteiger partial charge in [0.05, 0.1) is 0 Å². The first-order chi connectivity index (χ1) is 8.99. The summed E-state index contributed by atoms with van der Waals surface area (Å²) in [6, 6.07) is 1.99. The van der Waals surface area contributed by atoms with Crippen molar-refractivity contribution in [2.24, 2.45) is 5.92 Å². The standard InChI is InChI=1S/C15H20ClNO2/c1-10(2)9-17-13-5-3-4-11(13)8-12(15(17)19)6-7-14(16)18/h8,10H,3-7,9H2,1-2H3. The van der Waals surface area contributed by atoms with E-state index in [0.717, 1.165) is 31.4 Å². The molecule has 3 nitrogen and oxygen atoms in total. The molecule has 1 aliphatic rings. The molecule has 0 radical (unpaired) electrons. The first-order valence-electron chi connectivity index (χ1n) is 6.92. The maximum Gasteiger partial charge on any atom is 0.253 e. The average Bonchev–Trinajstić information content (AvgIpc) is 2.78. The van der Waals surface area contributed by atoms with E-state index < -0.39 is 0 Å². The number of rotatable bonds is 5. The molecule has 1 aromatic heterocycles.